The van der Waals surface area contributed by atoms with Crippen LogP contribution in [0.5, 0.6) is 0 Å². The van der Waals surface area contributed by atoms with Crippen LogP contribution in [0.25, 0.3) is 11.5 Å². The molecular weight excluding hydrogens is 254 g/mol. The second-order valence-corrected chi connectivity index (χ2v) is 5.19. The summed E-state index contributed by atoms with van der Waals surface area (Å²) in [4.78, 5) is 13.2. The summed E-state index contributed by atoms with van der Waals surface area (Å²) in [6.07, 6.45) is 1.74. The number of hydrogen-bond acceptors (Lipinski definition) is 4. The lowest BCUT2D eigenvalue weighted by Gasteiger charge is -2.12. The van der Waals surface area contributed by atoms with E-state index < -0.39 is 0 Å². The number of amides is 1. The maximum Gasteiger partial charge on any atom is 0.247 e. The van der Waals surface area contributed by atoms with Gasteiger partial charge in [0.05, 0.1) is 0 Å². The number of hydrogen-bond donors (Lipinski definition) is 0. The Bertz CT molecular complexity index is 594. The molecule has 0 spiro atoms. The molecular formula is C15H17N3O2. The van der Waals surface area contributed by atoms with Crippen molar-refractivity contribution in [3.63, 3.8) is 0 Å². The molecule has 0 saturated carbocycles. The largest absolute Gasteiger partial charge is 0.421 e. The first-order valence-corrected chi connectivity index (χ1v) is 6.85. The number of carbonyl (C=O) groups excluding carboxylic acids is 1. The molecule has 1 aromatic carbocycles. The van der Waals surface area contributed by atoms with E-state index in [9.17, 15) is 4.79 Å². The van der Waals surface area contributed by atoms with E-state index in [1.165, 1.54) is 0 Å². The summed E-state index contributed by atoms with van der Waals surface area (Å²) >= 11 is 0. The number of likely N-dealkylation sites (tertiary alicyclic amines) is 1. The zero-order chi connectivity index (χ0) is 13.9. The quantitative estimate of drug-likeness (QED) is 0.858. The topological polar surface area (TPSA) is 59.2 Å². The van der Waals surface area contributed by atoms with Crippen molar-refractivity contribution in [2.75, 3.05) is 13.1 Å². The molecule has 1 unspecified atom stereocenters. The highest BCUT2D eigenvalue weighted by atomic mass is 16.4. The zero-order valence-electron chi connectivity index (χ0n) is 11.5. The molecule has 0 aliphatic carbocycles. The summed E-state index contributed by atoms with van der Waals surface area (Å²) in [7, 11) is 0. The zero-order valence-corrected chi connectivity index (χ0v) is 11.5. The molecule has 0 radical (unpaired) electrons. The molecule has 2 aromatic rings. The highest BCUT2D eigenvalue weighted by Gasteiger charge is 2.26. The van der Waals surface area contributed by atoms with Crippen molar-refractivity contribution >= 4 is 5.91 Å². The first-order valence-electron chi connectivity index (χ1n) is 6.85. The maximum absolute atomic E-state index is 11.3. The predicted octanol–water partition coefficient (Wildman–Crippen LogP) is 2.15. The van der Waals surface area contributed by atoms with Crippen molar-refractivity contribution in [1.82, 2.24) is 15.1 Å². The summed E-state index contributed by atoms with van der Waals surface area (Å²) in [6.45, 7) is 3.24. The molecule has 5 heteroatoms. The van der Waals surface area contributed by atoms with E-state index in [1.54, 1.807) is 6.92 Å². The Balaban J connectivity index is 1.65. The van der Waals surface area contributed by atoms with Gasteiger partial charge in [0.15, 0.2) is 0 Å². The molecule has 1 fully saturated rings. The minimum Gasteiger partial charge on any atom is -0.421 e. The molecule has 104 valence electrons. The number of nitrogens with zero attached hydrogens (tertiary/aromatic N) is 3. The van der Waals surface area contributed by atoms with Gasteiger partial charge in [0.1, 0.15) is 0 Å². The van der Waals surface area contributed by atoms with E-state index in [-0.39, 0.29) is 5.91 Å². The molecule has 1 amide bonds. The summed E-state index contributed by atoms with van der Waals surface area (Å²) in [5.74, 6) is 1.77. The molecule has 1 aromatic heterocycles. The van der Waals surface area contributed by atoms with Gasteiger partial charge in [-0.1, -0.05) is 18.2 Å². The van der Waals surface area contributed by atoms with Crippen molar-refractivity contribution in [3.8, 4) is 11.5 Å². The van der Waals surface area contributed by atoms with Gasteiger partial charge in [0.2, 0.25) is 17.7 Å². The van der Waals surface area contributed by atoms with Gasteiger partial charge in [-0.15, -0.1) is 10.2 Å². The van der Waals surface area contributed by atoms with Crippen LogP contribution in [0.2, 0.25) is 0 Å². The Morgan fingerprint density at radius 3 is 2.85 bits per heavy atom. The van der Waals surface area contributed by atoms with E-state index in [0.29, 0.717) is 17.7 Å². The third-order valence-corrected chi connectivity index (χ3v) is 3.68. The lowest BCUT2D eigenvalue weighted by Crippen LogP contribution is -2.26. The second-order valence-electron chi connectivity index (χ2n) is 5.19. The van der Waals surface area contributed by atoms with Gasteiger partial charge in [-0.05, 0) is 24.5 Å². The van der Waals surface area contributed by atoms with E-state index in [0.717, 1.165) is 31.5 Å². The van der Waals surface area contributed by atoms with Crippen molar-refractivity contribution in [2.24, 2.45) is 5.92 Å². The number of rotatable bonds is 3. The minimum atomic E-state index is 0.142. The summed E-state index contributed by atoms with van der Waals surface area (Å²) in [5, 5.41) is 8.19. The molecule has 5 nitrogen and oxygen atoms in total. The Kier molecular flexibility index (Phi) is 3.50. The third kappa shape index (κ3) is 2.71. The fraction of sp³-hybridized carbons (Fsp3) is 0.400. The molecule has 3 rings (SSSR count). The van der Waals surface area contributed by atoms with Crippen LogP contribution in [-0.4, -0.2) is 34.1 Å². The van der Waals surface area contributed by atoms with Crippen LogP contribution in [0.4, 0.5) is 0 Å². The molecule has 20 heavy (non-hydrogen) atoms. The Labute approximate surface area is 117 Å². The van der Waals surface area contributed by atoms with Gasteiger partial charge in [0, 0.05) is 32.0 Å². The molecule has 2 heterocycles. The lowest BCUT2D eigenvalue weighted by molar-refractivity contribution is -0.127. The average Bonchev–Trinajstić information content (AvgIpc) is 3.10. The van der Waals surface area contributed by atoms with Gasteiger partial charge >= 0.3 is 0 Å². The monoisotopic (exact) mass is 271 g/mol. The van der Waals surface area contributed by atoms with Crippen LogP contribution in [-0.2, 0) is 11.2 Å². The Morgan fingerprint density at radius 2 is 2.15 bits per heavy atom. The third-order valence-electron chi connectivity index (χ3n) is 3.68. The molecule has 1 aliphatic heterocycles. The van der Waals surface area contributed by atoms with Crippen LogP contribution in [0.1, 0.15) is 19.2 Å². The first kappa shape index (κ1) is 12.8. The standard InChI is InChI=1S/C15H17N3O2/c1-11(19)18-8-7-12(10-18)9-14-16-17-15(20-14)13-5-3-2-4-6-13/h2-6,12H,7-10H2,1H3. The van der Waals surface area contributed by atoms with Gasteiger partial charge < -0.3 is 9.32 Å². The summed E-state index contributed by atoms with van der Waals surface area (Å²) in [6, 6.07) is 9.74. The molecule has 0 bridgehead atoms. The highest BCUT2D eigenvalue weighted by molar-refractivity contribution is 5.73. The summed E-state index contributed by atoms with van der Waals surface area (Å²) in [5.41, 5.74) is 0.933. The first-order chi connectivity index (χ1) is 9.72. The van der Waals surface area contributed by atoms with Crippen LogP contribution in [0.3, 0.4) is 0 Å². The molecule has 1 atom stereocenters. The minimum absolute atomic E-state index is 0.142. The SMILES string of the molecule is CC(=O)N1CCC(Cc2nnc(-c3ccccc3)o2)C1. The van der Waals surface area contributed by atoms with Crippen LogP contribution < -0.4 is 0 Å². The number of aromatic nitrogens is 2. The fourth-order valence-corrected chi connectivity index (χ4v) is 2.57. The maximum atomic E-state index is 11.3. The highest BCUT2D eigenvalue weighted by Crippen LogP contribution is 2.22. The van der Waals surface area contributed by atoms with Crippen LogP contribution in [0, 0.1) is 5.92 Å². The predicted molar refractivity (Wildman–Crippen MR) is 73.8 cm³/mol. The van der Waals surface area contributed by atoms with Gasteiger partial charge in [-0.2, -0.15) is 0 Å². The van der Waals surface area contributed by atoms with Gasteiger partial charge in [0.25, 0.3) is 0 Å². The number of carbonyl (C=O) groups is 1. The van der Waals surface area contributed by atoms with Gasteiger partial charge in [-0.25, -0.2) is 0 Å². The second kappa shape index (κ2) is 5.45. The Hall–Kier alpha value is -2.17. The van der Waals surface area contributed by atoms with E-state index in [1.807, 2.05) is 35.2 Å². The van der Waals surface area contributed by atoms with E-state index in [2.05, 4.69) is 10.2 Å². The molecule has 1 aliphatic rings. The molecule has 0 N–H and O–H groups in total. The van der Waals surface area contributed by atoms with Crippen LogP contribution in [0.15, 0.2) is 34.7 Å². The van der Waals surface area contributed by atoms with E-state index >= 15 is 0 Å². The number of benzene rings is 1. The van der Waals surface area contributed by atoms with E-state index in [4.69, 9.17) is 4.42 Å². The smallest absolute Gasteiger partial charge is 0.247 e. The van der Waals surface area contributed by atoms with Crippen molar-refractivity contribution in [1.29, 1.82) is 0 Å². The fourth-order valence-electron chi connectivity index (χ4n) is 2.57. The van der Waals surface area contributed by atoms with Crippen molar-refractivity contribution in [2.45, 2.75) is 19.8 Å². The van der Waals surface area contributed by atoms with Gasteiger partial charge in [-0.3, -0.25) is 4.79 Å². The lowest BCUT2D eigenvalue weighted by atomic mass is 10.1. The van der Waals surface area contributed by atoms with Crippen LogP contribution >= 0.6 is 0 Å². The molecule has 1 saturated heterocycles. The average molecular weight is 271 g/mol. The van der Waals surface area contributed by atoms with Crippen molar-refractivity contribution in [3.05, 3.63) is 36.2 Å². The normalized spacial score (nSPS) is 18.4. The summed E-state index contributed by atoms with van der Waals surface area (Å²) < 4.78 is 5.70. The Morgan fingerprint density at radius 1 is 1.35 bits per heavy atom. The van der Waals surface area contributed by atoms with Crippen molar-refractivity contribution < 1.29 is 9.21 Å².